The number of likely N-dealkylation sites (tertiary alicyclic amines) is 1. The molecule has 0 amide bonds. The van der Waals surface area contributed by atoms with Crippen molar-refractivity contribution >= 4 is 0 Å². The number of nitrogens with zero attached hydrogens (tertiary/aromatic N) is 2. The molecule has 5 heteroatoms. The molecule has 1 aliphatic rings. The van der Waals surface area contributed by atoms with Gasteiger partial charge in [0.15, 0.2) is 0 Å². The van der Waals surface area contributed by atoms with Crippen LogP contribution >= 0.6 is 0 Å². The van der Waals surface area contributed by atoms with E-state index in [2.05, 4.69) is 9.88 Å². The first kappa shape index (κ1) is 14.4. The third kappa shape index (κ3) is 4.23. The second kappa shape index (κ2) is 5.94. The largest absolute Gasteiger partial charge is 0.390 e. The molecule has 1 aromatic rings. The van der Waals surface area contributed by atoms with Crippen LogP contribution in [0.15, 0.2) is 18.3 Å². The summed E-state index contributed by atoms with van der Waals surface area (Å²) in [6.45, 7) is 4.57. The highest BCUT2D eigenvalue weighted by Gasteiger charge is 2.27. The minimum atomic E-state index is -0.517. The first-order valence-electron chi connectivity index (χ1n) is 6.78. The Morgan fingerprint density at radius 1 is 1.47 bits per heavy atom. The van der Waals surface area contributed by atoms with Crippen molar-refractivity contribution in [3.05, 3.63) is 29.8 Å². The Labute approximate surface area is 113 Å². The molecule has 106 valence electrons. The van der Waals surface area contributed by atoms with Crippen LogP contribution in [-0.4, -0.2) is 40.2 Å². The van der Waals surface area contributed by atoms with Gasteiger partial charge in [0.25, 0.3) is 0 Å². The van der Waals surface area contributed by atoms with Gasteiger partial charge in [-0.2, -0.15) is 0 Å². The lowest BCUT2D eigenvalue weighted by molar-refractivity contribution is -0.00578. The van der Waals surface area contributed by atoms with Crippen LogP contribution in [-0.2, 0) is 0 Å². The minimum absolute atomic E-state index is 0.164. The fourth-order valence-corrected chi connectivity index (χ4v) is 2.33. The molecule has 2 heterocycles. The summed E-state index contributed by atoms with van der Waals surface area (Å²) in [5.74, 6) is -0.339. The van der Waals surface area contributed by atoms with Crippen LogP contribution in [0.2, 0.25) is 0 Å². The number of hydrogen-bond donors (Lipinski definition) is 2. The van der Waals surface area contributed by atoms with E-state index in [1.165, 1.54) is 12.3 Å². The first-order valence-corrected chi connectivity index (χ1v) is 6.78. The lowest BCUT2D eigenvalue weighted by Gasteiger charge is -2.36. The van der Waals surface area contributed by atoms with Crippen LogP contribution in [0.3, 0.4) is 0 Å². The number of pyridine rings is 1. The number of rotatable bonds is 4. The Kier molecular flexibility index (Phi) is 4.50. The molecule has 0 aliphatic carbocycles. The molecular weight excluding hydrogens is 245 g/mol. The van der Waals surface area contributed by atoms with Gasteiger partial charge in [0.1, 0.15) is 5.82 Å². The Bertz CT molecular complexity index is 398. The zero-order valence-corrected chi connectivity index (χ0v) is 11.3. The minimum Gasteiger partial charge on any atom is -0.390 e. The monoisotopic (exact) mass is 267 g/mol. The van der Waals surface area contributed by atoms with Crippen LogP contribution in [0.1, 0.15) is 37.9 Å². The topological polar surface area (TPSA) is 62.4 Å². The maximum atomic E-state index is 12.8. The number of halogens is 1. The molecule has 1 saturated heterocycles. The molecule has 0 spiro atoms. The number of piperidine rings is 1. The summed E-state index contributed by atoms with van der Waals surface area (Å²) in [5.41, 5.74) is 6.27. The number of nitrogens with two attached hydrogens (primary N) is 1. The maximum Gasteiger partial charge on any atom is 0.141 e. The van der Waals surface area contributed by atoms with Gasteiger partial charge in [-0.3, -0.25) is 4.98 Å². The molecule has 1 unspecified atom stereocenters. The van der Waals surface area contributed by atoms with Crippen molar-refractivity contribution in [2.75, 3.05) is 19.6 Å². The van der Waals surface area contributed by atoms with E-state index in [0.29, 0.717) is 0 Å². The van der Waals surface area contributed by atoms with Gasteiger partial charge in [0, 0.05) is 19.1 Å². The highest BCUT2D eigenvalue weighted by atomic mass is 19.1. The van der Waals surface area contributed by atoms with Crippen molar-refractivity contribution in [3.63, 3.8) is 0 Å². The van der Waals surface area contributed by atoms with Crippen molar-refractivity contribution in [1.82, 2.24) is 9.88 Å². The number of aliphatic hydroxyl groups is 1. The molecule has 0 bridgehead atoms. The van der Waals surface area contributed by atoms with Crippen LogP contribution in [0.25, 0.3) is 0 Å². The zero-order chi connectivity index (χ0) is 13.9. The third-order valence-electron chi connectivity index (χ3n) is 3.82. The van der Waals surface area contributed by atoms with E-state index >= 15 is 0 Å². The molecule has 1 aromatic heterocycles. The predicted molar refractivity (Wildman–Crippen MR) is 72.0 cm³/mol. The maximum absolute atomic E-state index is 12.8. The highest BCUT2D eigenvalue weighted by molar-refractivity contribution is 5.09. The van der Waals surface area contributed by atoms with Gasteiger partial charge < -0.3 is 15.7 Å². The second-order valence-corrected chi connectivity index (χ2v) is 5.64. The molecule has 1 atom stereocenters. The molecule has 1 aliphatic heterocycles. The van der Waals surface area contributed by atoms with Crippen molar-refractivity contribution in [2.24, 2.45) is 5.73 Å². The molecule has 4 nitrogen and oxygen atoms in total. The van der Waals surface area contributed by atoms with Crippen molar-refractivity contribution in [1.29, 1.82) is 0 Å². The van der Waals surface area contributed by atoms with Gasteiger partial charge >= 0.3 is 0 Å². The van der Waals surface area contributed by atoms with Gasteiger partial charge in [-0.1, -0.05) is 0 Å². The van der Waals surface area contributed by atoms with Gasteiger partial charge in [0.2, 0.25) is 0 Å². The fraction of sp³-hybridized carbons (Fsp3) is 0.643. The third-order valence-corrected chi connectivity index (χ3v) is 3.82. The van der Waals surface area contributed by atoms with Gasteiger partial charge in [-0.15, -0.1) is 0 Å². The molecule has 2 rings (SSSR count). The van der Waals surface area contributed by atoms with Crippen LogP contribution < -0.4 is 5.73 Å². The predicted octanol–water partition coefficient (Wildman–Crippen LogP) is 1.46. The molecule has 3 N–H and O–H groups in total. The Hall–Kier alpha value is -1.04. The van der Waals surface area contributed by atoms with Crippen LogP contribution in [0.5, 0.6) is 0 Å². The summed E-state index contributed by atoms with van der Waals surface area (Å²) in [4.78, 5) is 6.31. The van der Waals surface area contributed by atoms with Crippen molar-refractivity contribution < 1.29 is 9.50 Å². The Balaban J connectivity index is 1.78. The van der Waals surface area contributed by atoms with Gasteiger partial charge in [-0.05, 0) is 44.9 Å². The van der Waals surface area contributed by atoms with E-state index in [0.717, 1.165) is 44.6 Å². The fourth-order valence-electron chi connectivity index (χ4n) is 2.33. The van der Waals surface area contributed by atoms with E-state index in [1.54, 1.807) is 6.07 Å². The van der Waals surface area contributed by atoms with Crippen LogP contribution in [0.4, 0.5) is 4.39 Å². The van der Waals surface area contributed by atoms with E-state index in [-0.39, 0.29) is 11.9 Å². The molecule has 0 aromatic carbocycles. The van der Waals surface area contributed by atoms with E-state index in [4.69, 9.17) is 5.73 Å². The van der Waals surface area contributed by atoms with Crippen LogP contribution in [0, 0.1) is 5.82 Å². The summed E-state index contributed by atoms with van der Waals surface area (Å²) >= 11 is 0. The number of aromatic nitrogens is 1. The standard InChI is InChI=1S/C14H22FN3O/c1-14(19)5-8-18(9-6-14)7-4-12(16)13-3-2-11(15)10-17-13/h2-3,10,12,19H,4-9,16H2,1H3. The zero-order valence-electron chi connectivity index (χ0n) is 11.3. The molecule has 0 saturated carbocycles. The summed E-state index contributed by atoms with van der Waals surface area (Å²) in [5, 5.41) is 9.88. The van der Waals surface area contributed by atoms with Crippen molar-refractivity contribution in [3.8, 4) is 0 Å². The van der Waals surface area contributed by atoms with E-state index < -0.39 is 5.60 Å². The molecule has 0 radical (unpaired) electrons. The van der Waals surface area contributed by atoms with Gasteiger partial charge in [-0.25, -0.2) is 4.39 Å². The second-order valence-electron chi connectivity index (χ2n) is 5.64. The molecular formula is C14H22FN3O. The molecule has 1 fully saturated rings. The summed E-state index contributed by atoms with van der Waals surface area (Å²) in [7, 11) is 0. The SMILES string of the molecule is CC1(O)CCN(CCC(N)c2ccc(F)cn2)CC1. The Morgan fingerprint density at radius 3 is 2.74 bits per heavy atom. The summed E-state index contributed by atoms with van der Waals surface area (Å²) in [6.07, 6.45) is 3.60. The number of hydrogen-bond acceptors (Lipinski definition) is 4. The van der Waals surface area contributed by atoms with E-state index in [9.17, 15) is 9.50 Å². The highest BCUT2D eigenvalue weighted by Crippen LogP contribution is 2.22. The van der Waals surface area contributed by atoms with Crippen molar-refractivity contribution in [2.45, 2.75) is 37.8 Å². The van der Waals surface area contributed by atoms with E-state index in [1.807, 2.05) is 6.92 Å². The average molecular weight is 267 g/mol. The lowest BCUT2D eigenvalue weighted by Crippen LogP contribution is -2.43. The van der Waals surface area contributed by atoms with Gasteiger partial charge in [0.05, 0.1) is 17.5 Å². The first-order chi connectivity index (χ1) is 8.96. The lowest BCUT2D eigenvalue weighted by atomic mass is 9.93. The smallest absolute Gasteiger partial charge is 0.141 e. The Morgan fingerprint density at radius 2 is 2.16 bits per heavy atom. The normalized spacial score (nSPS) is 21.3. The summed E-state index contributed by atoms with van der Waals surface area (Å²) < 4.78 is 12.8. The summed E-state index contributed by atoms with van der Waals surface area (Å²) in [6, 6.07) is 2.87. The average Bonchev–Trinajstić information content (AvgIpc) is 2.38. The quantitative estimate of drug-likeness (QED) is 0.867. The molecule has 19 heavy (non-hydrogen) atoms.